The van der Waals surface area contributed by atoms with Crippen LogP contribution in [0.5, 0.6) is 0 Å². The molecule has 0 saturated carbocycles. The lowest BCUT2D eigenvalue weighted by Gasteiger charge is -2.32. The Bertz CT molecular complexity index is 648. The van der Waals surface area contributed by atoms with Crippen molar-refractivity contribution in [2.75, 3.05) is 12.4 Å². The number of amides is 2. The van der Waals surface area contributed by atoms with Gasteiger partial charge in [0.1, 0.15) is 11.7 Å². The second kappa shape index (κ2) is 4.85. The Morgan fingerprint density at radius 2 is 1.95 bits per heavy atom. The lowest BCUT2D eigenvalue weighted by Crippen LogP contribution is -2.51. The fourth-order valence-corrected chi connectivity index (χ4v) is 2.40. The summed E-state index contributed by atoms with van der Waals surface area (Å²) in [5.41, 5.74) is 1.35. The van der Waals surface area contributed by atoms with Crippen molar-refractivity contribution in [2.45, 2.75) is 12.6 Å². The number of hydrogen-bond donors (Lipinski definition) is 1. The number of nitrogens with zero attached hydrogens (tertiary/aromatic N) is 2. The van der Waals surface area contributed by atoms with Gasteiger partial charge in [0.15, 0.2) is 0 Å². The van der Waals surface area contributed by atoms with E-state index in [4.69, 9.17) is 0 Å². The Balaban J connectivity index is 1.81. The molecule has 0 aliphatic carbocycles. The second-order valence-corrected chi connectivity index (χ2v) is 4.83. The van der Waals surface area contributed by atoms with Gasteiger partial charge in [0.05, 0.1) is 6.54 Å². The van der Waals surface area contributed by atoms with E-state index in [-0.39, 0.29) is 11.8 Å². The molecule has 1 N–H and O–H groups in total. The first-order valence-electron chi connectivity index (χ1n) is 6.45. The van der Waals surface area contributed by atoms with Crippen LogP contribution in [0.15, 0.2) is 48.7 Å². The van der Waals surface area contributed by atoms with Crippen molar-refractivity contribution < 1.29 is 9.59 Å². The lowest BCUT2D eigenvalue weighted by molar-refractivity contribution is -0.120. The summed E-state index contributed by atoms with van der Waals surface area (Å²) in [4.78, 5) is 26.0. The standard InChI is InChI=1S/C15H15N3O2/c1-17-13(10-18-9-5-8-12(18)15(17)20)14(19)16-11-6-3-2-4-7-11/h2-9,13H,10H2,1H3,(H,16,19). The maximum absolute atomic E-state index is 12.3. The van der Waals surface area contributed by atoms with Crippen molar-refractivity contribution in [3.8, 4) is 0 Å². The number of hydrogen-bond acceptors (Lipinski definition) is 2. The molecule has 0 fully saturated rings. The van der Waals surface area contributed by atoms with Gasteiger partial charge >= 0.3 is 0 Å². The number of rotatable bonds is 2. The van der Waals surface area contributed by atoms with E-state index in [9.17, 15) is 9.59 Å². The monoisotopic (exact) mass is 269 g/mol. The van der Waals surface area contributed by atoms with Crippen LogP contribution in [0.1, 0.15) is 10.5 Å². The topological polar surface area (TPSA) is 54.3 Å². The number of nitrogens with one attached hydrogen (secondary N) is 1. The van der Waals surface area contributed by atoms with Crippen LogP contribution in [0.25, 0.3) is 0 Å². The first-order chi connectivity index (χ1) is 9.66. The molecule has 20 heavy (non-hydrogen) atoms. The summed E-state index contributed by atoms with van der Waals surface area (Å²) in [6.45, 7) is 0.475. The minimum Gasteiger partial charge on any atom is -0.341 e. The predicted octanol–water partition coefficient (Wildman–Crippen LogP) is 1.58. The third-order valence-corrected chi connectivity index (χ3v) is 3.55. The number of benzene rings is 1. The minimum atomic E-state index is -0.498. The van der Waals surface area contributed by atoms with Crippen molar-refractivity contribution in [3.05, 3.63) is 54.4 Å². The maximum Gasteiger partial charge on any atom is 0.270 e. The van der Waals surface area contributed by atoms with Crippen LogP contribution in [-0.2, 0) is 11.3 Å². The van der Waals surface area contributed by atoms with E-state index in [1.54, 1.807) is 13.1 Å². The third-order valence-electron chi connectivity index (χ3n) is 3.55. The normalized spacial score (nSPS) is 17.8. The molecule has 1 aliphatic rings. The highest BCUT2D eigenvalue weighted by molar-refractivity contribution is 6.01. The van der Waals surface area contributed by atoms with Crippen molar-refractivity contribution >= 4 is 17.5 Å². The quantitative estimate of drug-likeness (QED) is 0.900. The number of carbonyl (C=O) groups excluding carboxylic acids is 2. The molecular weight excluding hydrogens is 254 g/mol. The fraction of sp³-hybridized carbons (Fsp3) is 0.200. The van der Waals surface area contributed by atoms with Crippen molar-refractivity contribution in [1.29, 1.82) is 0 Å². The van der Waals surface area contributed by atoms with E-state index >= 15 is 0 Å². The molecule has 1 aliphatic heterocycles. The Kier molecular flexibility index (Phi) is 3.02. The van der Waals surface area contributed by atoms with E-state index in [1.807, 2.05) is 47.2 Å². The van der Waals surface area contributed by atoms with Gasteiger partial charge in [-0.2, -0.15) is 0 Å². The summed E-state index contributed by atoms with van der Waals surface area (Å²) >= 11 is 0. The van der Waals surface area contributed by atoms with Crippen LogP contribution in [-0.4, -0.2) is 34.4 Å². The Morgan fingerprint density at radius 1 is 1.20 bits per heavy atom. The first-order valence-corrected chi connectivity index (χ1v) is 6.45. The highest BCUT2D eigenvalue weighted by Crippen LogP contribution is 2.18. The Labute approximate surface area is 116 Å². The number of likely N-dealkylation sites (N-methyl/N-ethyl adjacent to an activating group) is 1. The van der Waals surface area contributed by atoms with Crippen molar-refractivity contribution in [3.63, 3.8) is 0 Å². The van der Waals surface area contributed by atoms with Crippen LogP contribution < -0.4 is 5.32 Å². The third kappa shape index (κ3) is 2.07. The van der Waals surface area contributed by atoms with Crippen LogP contribution in [0, 0.1) is 0 Å². The van der Waals surface area contributed by atoms with E-state index in [0.29, 0.717) is 12.2 Å². The van der Waals surface area contributed by atoms with Gasteiger partial charge in [-0.3, -0.25) is 9.59 Å². The number of aromatic nitrogens is 1. The summed E-state index contributed by atoms with van der Waals surface area (Å²) in [5.74, 6) is -0.305. The van der Waals surface area contributed by atoms with Gasteiger partial charge in [0.25, 0.3) is 5.91 Å². The molecule has 0 saturated heterocycles. The van der Waals surface area contributed by atoms with Crippen LogP contribution in [0.4, 0.5) is 5.69 Å². The molecule has 5 nitrogen and oxygen atoms in total. The molecule has 2 aromatic rings. The SMILES string of the molecule is CN1C(=O)c2cccn2CC1C(=O)Nc1ccccc1. The van der Waals surface area contributed by atoms with E-state index in [1.165, 1.54) is 4.90 Å². The highest BCUT2D eigenvalue weighted by Gasteiger charge is 2.33. The zero-order valence-electron chi connectivity index (χ0n) is 11.1. The molecule has 0 spiro atoms. The molecule has 102 valence electrons. The zero-order chi connectivity index (χ0) is 14.1. The summed E-state index contributed by atoms with van der Waals surface area (Å²) < 4.78 is 1.82. The highest BCUT2D eigenvalue weighted by atomic mass is 16.2. The molecule has 2 heterocycles. The molecule has 2 amide bonds. The van der Waals surface area contributed by atoms with Gasteiger partial charge in [-0.15, -0.1) is 0 Å². The molecule has 0 radical (unpaired) electrons. The summed E-state index contributed by atoms with van der Waals surface area (Å²) in [6, 6.07) is 12.3. The van der Waals surface area contributed by atoms with Gasteiger partial charge in [0.2, 0.25) is 5.91 Å². The molecule has 1 aromatic heterocycles. The molecule has 1 unspecified atom stereocenters. The number of carbonyl (C=O) groups is 2. The van der Waals surface area contributed by atoms with Crippen molar-refractivity contribution in [2.24, 2.45) is 0 Å². The van der Waals surface area contributed by atoms with E-state index in [2.05, 4.69) is 5.32 Å². The fourth-order valence-electron chi connectivity index (χ4n) is 2.40. The average Bonchev–Trinajstić information content (AvgIpc) is 2.92. The van der Waals surface area contributed by atoms with Gasteiger partial charge in [-0.1, -0.05) is 18.2 Å². The largest absolute Gasteiger partial charge is 0.341 e. The van der Waals surface area contributed by atoms with Crippen LogP contribution >= 0.6 is 0 Å². The Hall–Kier alpha value is -2.56. The zero-order valence-corrected chi connectivity index (χ0v) is 11.1. The molecular formula is C15H15N3O2. The van der Waals surface area contributed by atoms with Crippen LogP contribution in [0.2, 0.25) is 0 Å². The summed E-state index contributed by atoms with van der Waals surface area (Å²) in [5, 5.41) is 2.84. The van der Waals surface area contributed by atoms with Gasteiger partial charge in [-0.25, -0.2) is 0 Å². The smallest absolute Gasteiger partial charge is 0.270 e. The molecule has 1 atom stereocenters. The average molecular weight is 269 g/mol. The van der Waals surface area contributed by atoms with Crippen LogP contribution in [0.3, 0.4) is 0 Å². The van der Waals surface area contributed by atoms with Gasteiger partial charge < -0.3 is 14.8 Å². The first kappa shape index (κ1) is 12.5. The molecule has 3 rings (SSSR count). The minimum absolute atomic E-state index is 0.130. The molecule has 1 aromatic carbocycles. The van der Waals surface area contributed by atoms with E-state index < -0.39 is 6.04 Å². The Morgan fingerprint density at radius 3 is 2.70 bits per heavy atom. The summed E-state index contributed by atoms with van der Waals surface area (Å²) in [6.07, 6.45) is 1.82. The second-order valence-electron chi connectivity index (χ2n) is 4.83. The number of fused-ring (bicyclic) bond motifs is 1. The number of para-hydroxylation sites is 1. The molecule has 0 bridgehead atoms. The number of anilines is 1. The van der Waals surface area contributed by atoms with Gasteiger partial charge in [0, 0.05) is 18.9 Å². The molecule has 5 heteroatoms. The summed E-state index contributed by atoms with van der Waals surface area (Å²) in [7, 11) is 1.66. The van der Waals surface area contributed by atoms with Crippen molar-refractivity contribution in [1.82, 2.24) is 9.47 Å². The van der Waals surface area contributed by atoms with E-state index in [0.717, 1.165) is 5.69 Å². The maximum atomic E-state index is 12.3. The lowest BCUT2D eigenvalue weighted by atomic mass is 10.1. The van der Waals surface area contributed by atoms with Gasteiger partial charge in [-0.05, 0) is 24.3 Å². The predicted molar refractivity (Wildman–Crippen MR) is 75.4 cm³/mol.